The maximum atomic E-state index is 12.3. The SMILES string of the molecule is FC(F)(F)c1cnc2ncc(Br)n2c1. The third-order valence-electron chi connectivity index (χ3n) is 1.65. The van der Waals surface area contributed by atoms with Crippen molar-refractivity contribution < 1.29 is 13.2 Å². The lowest BCUT2D eigenvalue weighted by molar-refractivity contribution is -0.138. The molecule has 2 heterocycles. The maximum Gasteiger partial charge on any atom is 0.419 e. The van der Waals surface area contributed by atoms with Gasteiger partial charge in [-0.25, -0.2) is 9.97 Å². The third-order valence-corrected chi connectivity index (χ3v) is 2.23. The lowest BCUT2D eigenvalue weighted by Crippen LogP contribution is -2.07. The summed E-state index contributed by atoms with van der Waals surface area (Å²) in [6.45, 7) is 0. The van der Waals surface area contributed by atoms with Crippen molar-refractivity contribution in [3.8, 4) is 0 Å². The van der Waals surface area contributed by atoms with E-state index in [-0.39, 0.29) is 5.78 Å². The molecule has 2 aromatic heterocycles. The second kappa shape index (κ2) is 2.94. The maximum absolute atomic E-state index is 12.3. The fourth-order valence-corrected chi connectivity index (χ4v) is 1.36. The van der Waals surface area contributed by atoms with Crippen LogP contribution in [0.4, 0.5) is 13.2 Å². The van der Waals surface area contributed by atoms with Gasteiger partial charge in [-0.2, -0.15) is 13.2 Å². The van der Waals surface area contributed by atoms with Crippen molar-refractivity contribution in [1.82, 2.24) is 14.4 Å². The van der Waals surface area contributed by atoms with Gasteiger partial charge in [-0.3, -0.25) is 4.40 Å². The monoisotopic (exact) mass is 265 g/mol. The van der Waals surface area contributed by atoms with Crippen LogP contribution < -0.4 is 0 Å². The Morgan fingerprint density at radius 2 is 1.86 bits per heavy atom. The Morgan fingerprint density at radius 3 is 2.50 bits per heavy atom. The van der Waals surface area contributed by atoms with Crippen LogP contribution >= 0.6 is 15.9 Å². The van der Waals surface area contributed by atoms with Crippen LogP contribution in [0, 0.1) is 0 Å². The summed E-state index contributed by atoms with van der Waals surface area (Å²) in [5.74, 6) is 0.227. The number of fused-ring (bicyclic) bond motifs is 1. The van der Waals surface area contributed by atoms with Gasteiger partial charge < -0.3 is 0 Å². The highest BCUT2D eigenvalue weighted by molar-refractivity contribution is 9.10. The molecule has 0 radical (unpaired) electrons. The molecule has 0 unspecified atom stereocenters. The molecule has 0 saturated heterocycles. The summed E-state index contributed by atoms with van der Waals surface area (Å²) in [6, 6.07) is 0. The first-order valence-electron chi connectivity index (χ1n) is 3.54. The summed E-state index contributed by atoms with van der Waals surface area (Å²) in [4.78, 5) is 7.35. The summed E-state index contributed by atoms with van der Waals surface area (Å²) in [7, 11) is 0. The van der Waals surface area contributed by atoms with Crippen molar-refractivity contribution in [3.63, 3.8) is 0 Å². The number of imidazole rings is 1. The molecule has 2 aromatic rings. The van der Waals surface area contributed by atoms with Crippen LogP contribution in [-0.4, -0.2) is 14.4 Å². The highest BCUT2D eigenvalue weighted by Gasteiger charge is 2.31. The standard InChI is InChI=1S/C7H3BrF3N3/c8-5-2-13-6-12-1-4(3-14(5)6)7(9,10)11/h1-3H. The molecule has 3 nitrogen and oxygen atoms in total. The topological polar surface area (TPSA) is 30.2 Å². The Balaban J connectivity index is 2.66. The predicted octanol–water partition coefficient (Wildman–Crippen LogP) is 2.51. The van der Waals surface area contributed by atoms with Crippen molar-refractivity contribution in [2.24, 2.45) is 0 Å². The van der Waals surface area contributed by atoms with E-state index < -0.39 is 11.7 Å². The fraction of sp³-hybridized carbons (Fsp3) is 0.143. The molecule has 0 bridgehead atoms. The number of rotatable bonds is 0. The van der Waals surface area contributed by atoms with Crippen LogP contribution in [-0.2, 0) is 6.18 Å². The van der Waals surface area contributed by atoms with E-state index in [1.165, 1.54) is 10.6 Å². The summed E-state index contributed by atoms with van der Waals surface area (Å²) in [6.07, 6.45) is -1.29. The fourth-order valence-electron chi connectivity index (χ4n) is 0.992. The van der Waals surface area contributed by atoms with Gasteiger partial charge in [0.2, 0.25) is 5.78 Å². The van der Waals surface area contributed by atoms with Gasteiger partial charge in [0.25, 0.3) is 0 Å². The Bertz CT molecular complexity index is 476. The van der Waals surface area contributed by atoms with Crippen molar-refractivity contribution in [3.05, 3.63) is 28.8 Å². The molecule has 0 atom stereocenters. The van der Waals surface area contributed by atoms with E-state index in [9.17, 15) is 13.2 Å². The van der Waals surface area contributed by atoms with Crippen LogP contribution in [0.25, 0.3) is 5.78 Å². The van der Waals surface area contributed by atoms with Gasteiger partial charge in [0.05, 0.1) is 11.8 Å². The van der Waals surface area contributed by atoms with Gasteiger partial charge in [0, 0.05) is 12.4 Å². The van der Waals surface area contributed by atoms with Gasteiger partial charge in [-0.15, -0.1) is 0 Å². The van der Waals surface area contributed by atoms with E-state index in [4.69, 9.17) is 0 Å². The molecule has 0 fully saturated rings. The zero-order valence-electron chi connectivity index (χ0n) is 6.59. The largest absolute Gasteiger partial charge is 0.419 e. The predicted molar refractivity (Wildman–Crippen MR) is 45.7 cm³/mol. The van der Waals surface area contributed by atoms with E-state index in [0.29, 0.717) is 4.60 Å². The molecule has 7 heteroatoms. The average molecular weight is 266 g/mol. The quantitative estimate of drug-likeness (QED) is 0.733. The Morgan fingerprint density at radius 1 is 1.21 bits per heavy atom. The number of hydrogen-bond acceptors (Lipinski definition) is 2. The van der Waals surface area contributed by atoms with E-state index in [1.54, 1.807) is 0 Å². The van der Waals surface area contributed by atoms with E-state index >= 15 is 0 Å². The minimum Gasteiger partial charge on any atom is -0.277 e. The molecule has 0 saturated carbocycles. The Labute approximate surface area is 84.7 Å². The molecule has 2 rings (SSSR count). The van der Waals surface area contributed by atoms with E-state index in [2.05, 4.69) is 25.9 Å². The number of hydrogen-bond donors (Lipinski definition) is 0. The smallest absolute Gasteiger partial charge is 0.277 e. The summed E-state index contributed by atoms with van der Waals surface area (Å²) < 4.78 is 38.5. The van der Waals surface area contributed by atoms with E-state index in [0.717, 1.165) is 12.4 Å². The molecule has 0 N–H and O–H groups in total. The highest BCUT2D eigenvalue weighted by Crippen LogP contribution is 2.28. The molecule has 14 heavy (non-hydrogen) atoms. The van der Waals surface area contributed by atoms with Gasteiger partial charge in [-0.1, -0.05) is 0 Å². The third kappa shape index (κ3) is 1.47. The molecule has 0 spiro atoms. The van der Waals surface area contributed by atoms with Gasteiger partial charge in [0.1, 0.15) is 4.60 Å². The number of nitrogens with zero attached hydrogens (tertiary/aromatic N) is 3. The second-order valence-corrected chi connectivity index (χ2v) is 3.40. The summed E-state index contributed by atoms with van der Waals surface area (Å²) in [5, 5.41) is 0. The van der Waals surface area contributed by atoms with Crippen LogP contribution in [0.5, 0.6) is 0 Å². The highest BCUT2D eigenvalue weighted by atomic mass is 79.9. The molecule has 0 aliphatic carbocycles. The van der Waals surface area contributed by atoms with Crippen LogP contribution in [0.1, 0.15) is 5.56 Å². The van der Waals surface area contributed by atoms with Crippen molar-refractivity contribution in [1.29, 1.82) is 0 Å². The van der Waals surface area contributed by atoms with Crippen LogP contribution in [0.2, 0.25) is 0 Å². The lowest BCUT2D eigenvalue weighted by atomic mass is 10.3. The van der Waals surface area contributed by atoms with Gasteiger partial charge in [0.15, 0.2) is 0 Å². The van der Waals surface area contributed by atoms with Crippen molar-refractivity contribution in [2.75, 3.05) is 0 Å². The molecular formula is C7H3BrF3N3. The normalized spacial score (nSPS) is 12.3. The van der Waals surface area contributed by atoms with Gasteiger partial charge >= 0.3 is 6.18 Å². The first-order chi connectivity index (χ1) is 6.48. The zero-order chi connectivity index (χ0) is 10.3. The molecule has 0 aromatic carbocycles. The second-order valence-electron chi connectivity index (χ2n) is 2.59. The van der Waals surface area contributed by atoms with E-state index in [1.807, 2.05) is 0 Å². The minimum absolute atomic E-state index is 0.227. The molecule has 0 amide bonds. The lowest BCUT2D eigenvalue weighted by Gasteiger charge is -2.05. The minimum atomic E-state index is -4.38. The number of aromatic nitrogens is 3. The number of halogens is 4. The van der Waals surface area contributed by atoms with Crippen LogP contribution in [0.3, 0.4) is 0 Å². The first kappa shape index (κ1) is 9.45. The Kier molecular flexibility index (Phi) is 1.99. The summed E-state index contributed by atoms with van der Waals surface area (Å²) in [5.41, 5.74) is -0.802. The van der Waals surface area contributed by atoms with Crippen molar-refractivity contribution >= 4 is 21.7 Å². The van der Waals surface area contributed by atoms with Crippen LogP contribution in [0.15, 0.2) is 23.2 Å². The average Bonchev–Trinajstić information content (AvgIpc) is 2.46. The molecule has 0 aliphatic rings. The zero-order valence-corrected chi connectivity index (χ0v) is 8.17. The van der Waals surface area contributed by atoms with Crippen molar-refractivity contribution in [2.45, 2.75) is 6.18 Å². The number of alkyl halides is 3. The first-order valence-corrected chi connectivity index (χ1v) is 4.33. The van der Waals surface area contributed by atoms with Gasteiger partial charge in [-0.05, 0) is 15.9 Å². The molecule has 0 aliphatic heterocycles. The molecular weight excluding hydrogens is 263 g/mol. The molecule has 74 valence electrons. The summed E-state index contributed by atoms with van der Waals surface area (Å²) >= 11 is 3.06. The Hall–Kier alpha value is -1.11.